The summed E-state index contributed by atoms with van der Waals surface area (Å²) in [6.45, 7) is 3.49. The number of imidazole rings is 1. The third-order valence-corrected chi connectivity index (χ3v) is 3.09. The van der Waals surface area contributed by atoms with Crippen LogP contribution in [0.4, 0.5) is 0 Å². The Labute approximate surface area is 126 Å². The van der Waals surface area contributed by atoms with Crippen molar-refractivity contribution in [2.24, 2.45) is 0 Å². The fraction of sp³-hybridized carbons (Fsp3) is 0.267. The smallest absolute Gasteiger partial charge is 0.138 e. The SMILES string of the molecule is CC(C)(O)COc1cc(-c2cnc[nH]2)c2c(C#N)cnn2c1. The van der Waals surface area contributed by atoms with Gasteiger partial charge in [0.05, 0.1) is 47.3 Å². The van der Waals surface area contributed by atoms with Crippen molar-refractivity contribution >= 4 is 5.52 Å². The number of hydrogen-bond donors (Lipinski definition) is 2. The molecular weight excluding hydrogens is 282 g/mol. The number of hydrogen-bond acceptors (Lipinski definition) is 5. The predicted octanol–water partition coefficient (Wildman–Crippen LogP) is 1.75. The molecule has 0 amide bonds. The van der Waals surface area contributed by atoms with E-state index < -0.39 is 5.60 Å². The first-order valence-corrected chi connectivity index (χ1v) is 6.73. The number of aromatic nitrogens is 4. The number of ether oxygens (including phenoxy) is 1. The van der Waals surface area contributed by atoms with Gasteiger partial charge in [-0.25, -0.2) is 9.50 Å². The monoisotopic (exact) mass is 297 g/mol. The lowest BCUT2D eigenvalue weighted by molar-refractivity contribution is 0.0283. The Bertz CT molecular complexity index is 837. The second kappa shape index (κ2) is 5.16. The first-order valence-electron chi connectivity index (χ1n) is 6.73. The van der Waals surface area contributed by atoms with Gasteiger partial charge in [0.1, 0.15) is 18.4 Å². The Hall–Kier alpha value is -2.85. The number of fused-ring (bicyclic) bond motifs is 1. The molecule has 0 radical (unpaired) electrons. The molecule has 3 aromatic rings. The molecular formula is C15H15N5O2. The largest absolute Gasteiger partial charge is 0.489 e. The van der Waals surface area contributed by atoms with Crippen LogP contribution in [0.2, 0.25) is 0 Å². The topological polar surface area (TPSA) is 99.2 Å². The van der Waals surface area contributed by atoms with Crippen molar-refractivity contribution in [2.45, 2.75) is 19.4 Å². The molecule has 0 saturated carbocycles. The maximum absolute atomic E-state index is 9.78. The van der Waals surface area contributed by atoms with E-state index in [-0.39, 0.29) is 6.61 Å². The van der Waals surface area contributed by atoms with E-state index >= 15 is 0 Å². The maximum Gasteiger partial charge on any atom is 0.138 e. The summed E-state index contributed by atoms with van der Waals surface area (Å²) >= 11 is 0. The number of aromatic amines is 1. The molecule has 3 rings (SSSR count). The van der Waals surface area contributed by atoms with Crippen molar-refractivity contribution in [3.63, 3.8) is 0 Å². The highest BCUT2D eigenvalue weighted by atomic mass is 16.5. The van der Waals surface area contributed by atoms with Crippen LogP contribution in [0.25, 0.3) is 16.8 Å². The third-order valence-electron chi connectivity index (χ3n) is 3.09. The Morgan fingerprint density at radius 2 is 2.27 bits per heavy atom. The first-order chi connectivity index (χ1) is 10.5. The van der Waals surface area contributed by atoms with Crippen molar-refractivity contribution in [3.05, 3.63) is 36.5 Å². The van der Waals surface area contributed by atoms with Crippen molar-refractivity contribution in [3.8, 4) is 23.1 Å². The van der Waals surface area contributed by atoms with Crippen LogP contribution < -0.4 is 4.74 Å². The average Bonchev–Trinajstić information content (AvgIpc) is 3.12. The third kappa shape index (κ3) is 2.64. The minimum absolute atomic E-state index is 0.146. The predicted molar refractivity (Wildman–Crippen MR) is 79.3 cm³/mol. The molecule has 2 N–H and O–H groups in total. The number of rotatable bonds is 4. The van der Waals surface area contributed by atoms with E-state index in [0.29, 0.717) is 16.8 Å². The Kier molecular flexibility index (Phi) is 3.31. The van der Waals surface area contributed by atoms with Crippen LogP contribution in [0.5, 0.6) is 5.75 Å². The lowest BCUT2D eigenvalue weighted by Crippen LogP contribution is -2.27. The molecule has 0 atom stereocenters. The second-order valence-electron chi connectivity index (χ2n) is 5.62. The lowest BCUT2D eigenvalue weighted by atomic mass is 10.1. The van der Waals surface area contributed by atoms with Gasteiger partial charge in [-0.1, -0.05) is 0 Å². The summed E-state index contributed by atoms with van der Waals surface area (Å²) in [5.41, 5.74) is 1.74. The molecule has 0 unspecified atom stereocenters. The summed E-state index contributed by atoms with van der Waals surface area (Å²) in [4.78, 5) is 7.03. The number of nitrogens with zero attached hydrogens (tertiary/aromatic N) is 4. The summed E-state index contributed by atoms with van der Waals surface area (Å²) in [7, 11) is 0. The number of nitrogens with one attached hydrogen (secondary N) is 1. The fourth-order valence-electron chi connectivity index (χ4n) is 2.13. The van der Waals surface area contributed by atoms with Crippen LogP contribution in [-0.4, -0.2) is 36.9 Å². The molecule has 0 aliphatic heterocycles. The minimum Gasteiger partial charge on any atom is -0.489 e. The number of H-pyrrole nitrogens is 1. The van der Waals surface area contributed by atoms with E-state index in [9.17, 15) is 10.4 Å². The maximum atomic E-state index is 9.78. The van der Waals surface area contributed by atoms with Gasteiger partial charge in [-0.15, -0.1) is 0 Å². The molecule has 3 heterocycles. The molecule has 7 heteroatoms. The van der Waals surface area contributed by atoms with Gasteiger partial charge in [0.25, 0.3) is 0 Å². The minimum atomic E-state index is -0.939. The first kappa shape index (κ1) is 14.1. The van der Waals surface area contributed by atoms with Crippen LogP contribution >= 0.6 is 0 Å². The van der Waals surface area contributed by atoms with Crippen molar-refractivity contribution in [2.75, 3.05) is 6.61 Å². The van der Waals surface area contributed by atoms with Gasteiger partial charge in [-0.2, -0.15) is 10.4 Å². The molecule has 0 aromatic carbocycles. The van der Waals surface area contributed by atoms with Crippen LogP contribution in [-0.2, 0) is 0 Å². The molecule has 22 heavy (non-hydrogen) atoms. The van der Waals surface area contributed by atoms with Gasteiger partial charge in [0, 0.05) is 5.56 Å². The molecule has 0 saturated heterocycles. The quantitative estimate of drug-likeness (QED) is 0.764. The Morgan fingerprint density at radius 3 is 2.91 bits per heavy atom. The molecule has 0 bridgehead atoms. The van der Waals surface area contributed by atoms with E-state index in [1.165, 1.54) is 6.20 Å². The van der Waals surface area contributed by atoms with E-state index in [2.05, 4.69) is 21.1 Å². The highest BCUT2D eigenvalue weighted by Gasteiger charge is 2.17. The highest BCUT2D eigenvalue weighted by molar-refractivity contribution is 5.83. The number of nitriles is 1. The number of pyridine rings is 1. The van der Waals surface area contributed by atoms with Crippen LogP contribution in [0, 0.1) is 11.3 Å². The van der Waals surface area contributed by atoms with Crippen LogP contribution in [0.15, 0.2) is 31.0 Å². The normalized spacial score (nSPS) is 11.5. The summed E-state index contributed by atoms with van der Waals surface area (Å²) in [6.07, 6.45) is 6.43. The molecule has 7 nitrogen and oxygen atoms in total. The van der Waals surface area contributed by atoms with Gasteiger partial charge >= 0.3 is 0 Å². The fourth-order valence-corrected chi connectivity index (χ4v) is 2.13. The molecule has 0 aliphatic rings. The zero-order valence-corrected chi connectivity index (χ0v) is 12.2. The zero-order chi connectivity index (χ0) is 15.7. The van der Waals surface area contributed by atoms with Gasteiger partial charge in [-0.05, 0) is 19.9 Å². The van der Waals surface area contributed by atoms with Crippen LogP contribution in [0.1, 0.15) is 19.4 Å². The van der Waals surface area contributed by atoms with Crippen molar-refractivity contribution < 1.29 is 9.84 Å². The zero-order valence-electron chi connectivity index (χ0n) is 12.2. The molecule has 0 aliphatic carbocycles. The van der Waals surface area contributed by atoms with Crippen LogP contribution in [0.3, 0.4) is 0 Å². The summed E-state index contributed by atoms with van der Waals surface area (Å²) < 4.78 is 7.22. The average molecular weight is 297 g/mol. The van der Waals surface area contributed by atoms with E-state index in [1.807, 2.05) is 0 Å². The number of aliphatic hydroxyl groups is 1. The lowest BCUT2D eigenvalue weighted by Gasteiger charge is -2.18. The van der Waals surface area contributed by atoms with E-state index in [1.54, 1.807) is 43.2 Å². The standard InChI is InChI=1S/C15H15N5O2/c1-15(2,21)8-22-11-3-12(13-6-17-9-18-13)14-10(4-16)5-19-20(14)7-11/h3,5-7,9,21H,8H2,1-2H3,(H,17,18). The van der Waals surface area contributed by atoms with Gasteiger partial charge in [0.2, 0.25) is 0 Å². The van der Waals surface area contributed by atoms with Gasteiger partial charge in [-0.3, -0.25) is 0 Å². The van der Waals surface area contributed by atoms with Crippen molar-refractivity contribution in [1.82, 2.24) is 19.6 Å². The Morgan fingerprint density at radius 1 is 1.45 bits per heavy atom. The van der Waals surface area contributed by atoms with E-state index in [4.69, 9.17) is 4.74 Å². The molecule has 112 valence electrons. The highest BCUT2D eigenvalue weighted by Crippen LogP contribution is 2.29. The second-order valence-corrected chi connectivity index (χ2v) is 5.62. The molecule has 0 fully saturated rings. The van der Waals surface area contributed by atoms with Crippen molar-refractivity contribution in [1.29, 1.82) is 5.26 Å². The van der Waals surface area contributed by atoms with Gasteiger partial charge in [0.15, 0.2) is 0 Å². The van der Waals surface area contributed by atoms with Gasteiger partial charge < -0.3 is 14.8 Å². The summed E-state index contributed by atoms with van der Waals surface area (Å²) in [6, 6.07) is 3.93. The molecule has 3 aromatic heterocycles. The summed E-state index contributed by atoms with van der Waals surface area (Å²) in [5, 5.41) is 23.2. The molecule has 0 spiro atoms. The van der Waals surface area contributed by atoms with E-state index in [0.717, 1.165) is 11.3 Å². The summed E-state index contributed by atoms with van der Waals surface area (Å²) in [5.74, 6) is 0.548. The Balaban J connectivity index is 2.12.